The molecule has 1 aromatic carbocycles. The fourth-order valence-corrected chi connectivity index (χ4v) is 2.92. The summed E-state index contributed by atoms with van der Waals surface area (Å²) in [6.07, 6.45) is 2.67. The smallest absolute Gasteiger partial charge is 0.324 e. The number of thiophene rings is 1. The summed E-state index contributed by atoms with van der Waals surface area (Å²) < 4.78 is 15.9. The van der Waals surface area contributed by atoms with Crippen LogP contribution in [0.25, 0.3) is 17.5 Å². The van der Waals surface area contributed by atoms with Crippen molar-refractivity contribution >= 4 is 34.3 Å². The Hall–Kier alpha value is -3.73. The van der Waals surface area contributed by atoms with Gasteiger partial charge < -0.3 is 13.9 Å². The van der Waals surface area contributed by atoms with Crippen LogP contribution in [0.15, 0.2) is 40.8 Å². The Bertz CT molecular complexity index is 1040. The first-order valence-corrected chi connectivity index (χ1v) is 8.61. The highest BCUT2D eigenvalue weighted by Crippen LogP contribution is 2.33. The molecule has 2 aromatic heterocycles. The van der Waals surface area contributed by atoms with E-state index in [-0.39, 0.29) is 16.9 Å². The predicted octanol–water partition coefficient (Wildman–Crippen LogP) is 3.38. The monoisotopic (exact) mass is 402 g/mol. The molecule has 0 unspecified atom stereocenters. The Morgan fingerprint density at radius 3 is 2.75 bits per heavy atom. The summed E-state index contributed by atoms with van der Waals surface area (Å²) in [5, 5.41) is 20.8. The largest absolute Gasteiger partial charge is 0.497 e. The van der Waals surface area contributed by atoms with Crippen LogP contribution in [0.1, 0.15) is 4.88 Å². The summed E-state index contributed by atoms with van der Waals surface area (Å²) >= 11 is 0.956. The summed E-state index contributed by atoms with van der Waals surface area (Å²) in [5.74, 6) is 0.716. The van der Waals surface area contributed by atoms with Gasteiger partial charge >= 0.3 is 11.0 Å². The number of nitrogens with zero attached hydrogens (tertiary/aromatic N) is 3. The molecular formula is C17H14N4O6S. The molecule has 3 aromatic rings. The molecule has 2 heterocycles. The van der Waals surface area contributed by atoms with E-state index in [0.29, 0.717) is 21.9 Å². The van der Waals surface area contributed by atoms with Crippen LogP contribution in [-0.4, -0.2) is 35.2 Å². The van der Waals surface area contributed by atoms with Crippen molar-refractivity contribution in [3.8, 4) is 23.0 Å². The van der Waals surface area contributed by atoms with Gasteiger partial charge in [-0.2, -0.15) is 0 Å². The van der Waals surface area contributed by atoms with Crippen LogP contribution in [0.2, 0.25) is 0 Å². The van der Waals surface area contributed by atoms with E-state index in [9.17, 15) is 14.9 Å². The molecule has 3 rings (SSSR count). The zero-order valence-corrected chi connectivity index (χ0v) is 15.6. The lowest BCUT2D eigenvalue weighted by atomic mass is 10.2. The molecule has 11 heteroatoms. The van der Waals surface area contributed by atoms with Crippen molar-refractivity contribution in [3.63, 3.8) is 0 Å². The Balaban J connectivity index is 1.69. The van der Waals surface area contributed by atoms with Crippen molar-refractivity contribution in [2.45, 2.75) is 0 Å². The number of hydrogen-bond donors (Lipinski definition) is 1. The molecule has 0 spiro atoms. The average Bonchev–Trinajstić information content (AvgIpc) is 3.35. The second kappa shape index (κ2) is 8.31. The van der Waals surface area contributed by atoms with Gasteiger partial charge in [-0.15, -0.1) is 5.10 Å². The van der Waals surface area contributed by atoms with Crippen molar-refractivity contribution < 1.29 is 23.6 Å². The first-order chi connectivity index (χ1) is 13.5. The van der Waals surface area contributed by atoms with E-state index < -0.39 is 10.8 Å². The lowest BCUT2D eigenvalue weighted by Crippen LogP contribution is -2.07. The lowest BCUT2D eigenvalue weighted by Gasteiger charge is -2.07. The number of carbonyl (C=O) groups is 1. The van der Waals surface area contributed by atoms with Crippen LogP contribution in [0.3, 0.4) is 0 Å². The number of methoxy groups -OCH3 is 2. The van der Waals surface area contributed by atoms with Gasteiger partial charge in [0.2, 0.25) is 0 Å². The van der Waals surface area contributed by atoms with Crippen LogP contribution in [0, 0.1) is 10.1 Å². The van der Waals surface area contributed by atoms with Gasteiger partial charge in [-0.1, -0.05) is 16.4 Å². The van der Waals surface area contributed by atoms with Crippen LogP contribution in [0.4, 0.5) is 11.0 Å². The average molecular weight is 402 g/mol. The SMILES string of the molecule is COc1ccc(-c2nnc(NC(=O)/C=C/c3ccc([N+](=O)[O-])s3)o2)c(OC)c1. The van der Waals surface area contributed by atoms with Crippen LogP contribution in [-0.2, 0) is 4.79 Å². The maximum atomic E-state index is 12.0. The Kier molecular flexibility index (Phi) is 5.65. The van der Waals surface area contributed by atoms with Crippen molar-refractivity contribution in [3.05, 3.63) is 51.4 Å². The molecule has 0 radical (unpaired) electrons. The standard InChI is InChI=1S/C17H14N4O6S/c1-25-10-3-6-12(13(9-10)26-2)16-19-20-17(27-16)18-14(22)7-4-11-5-8-15(28-11)21(23)24/h3-9H,1-2H3,(H,18,20,22)/b7-4+. The third-order valence-corrected chi connectivity index (χ3v) is 4.49. The minimum Gasteiger partial charge on any atom is -0.497 e. The molecule has 0 atom stereocenters. The number of benzene rings is 1. The number of ether oxygens (including phenoxy) is 2. The molecule has 10 nitrogen and oxygen atoms in total. The van der Waals surface area contributed by atoms with Crippen LogP contribution < -0.4 is 14.8 Å². The van der Waals surface area contributed by atoms with Gasteiger partial charge in [0.1, 0.15) is 11.5 Å². The molecule has 1 amide bonds. The number of nitrogens with one attached hydrogen (secondary N) is 1. The van der Waals surface area contributed by atoms with Crippen molar-refractivity contribution in [2.24, 2.45) is 0 Å². The van der Waals surface area contributed by atoms with Crippen LogP contribution in [0.5, 0.6) is 11.5 Å². The second-order valence-corrected chi connectivity index (χ2v) is 6.33. The van der Waals surface area contributed by atoms with Gasteiger partial charge in [0, 0.05) is 23.1 Å². The maximum absolute atomic E-state index is 12.0. The van der Waals surface area contributed by atoms with Crippen LogP contribution >= 0.6 is 11.3 Å². The Labute approximate surface area is 162 Å². The number of anilines is 1. The summed E-state index contributed by atoms with van der Waals surface area (Å²) in [4.78, 5) is 22.7. The van der Waals surface area contributed by atoms with E-state index in [1.807, 2.05) is 0 Å². The third kappa shape index (κ3) is 4.32. The number of amides is 1. The lowest BCUT2D eigenvalue weighted by molar-refractivity contribution is -0.380. The van der Waals surface area contributed by atoms with Gasteiger partial charge in [0.15, 0.2) is 0 Å². The predicted molar refractivity (Wildman–Crippen MR) is 101 cm³/mol. The number of carbonyl (C=O) groups excluding carboxylic acids is 1. The fourth-order valence-electron chi connectivity index (χ4n) is 2.19. The van der Waals surface area contributed by atoms with Crippen molar-refractivity contribution in [1.82, 2.24) is 10.2 Å². The third-order valence-electron chi connectivity index (χ3n) is 3.49. The van der Waals surface area contributed by atoms with Crippen molar-refractivity contribution in [1.29, 1.82) is 0 Å². The van der Waals surface area contributed by atoms with E-state index in [0.717, 1.165) is 11.3 Å². The number of nitro groups is 1. The summed E-state index contributed by atoms with van der Waals surface area (Å²) in [6.45, 7) is 0. The number of hydrogen-bond acceptors (Lipinski definition) is 9. The van der Waals surface area contributed by atoms with E-state index >= 15 is 0 Å². The first-order valence-electron chi connectivity index (χ1n) is 7.79. The highest BCUT2D eigenvalue weighted by molar-refractivity contribution is 7.16. The van der Waals surface area contributed by atoms with Gasteiger partial charge in [0.25, 0.3) is 11.8 Å². The normalized spacial score (nSPS) is 10.8. The fraction of sp³-hybridized carbons (Fsp3) is 0.118. The molecule has 0 aliphatic carbocycles. The van der Waals surface area contributed by atoms with Gasteiger partial charge in [-0.3, -0.25) is 20.2 Å². The summed E-state index contributed by atoms with van der Waals surface area (Å²) in [5.41, 5.74) is 0.540. The molecule has 0 saturated heterocycles. The zero-order chi connectivity index (χ0) is 20.1. The second-order valence-electron chi connectivity index (χ2n) is 5.23. The Morgan fingerprint density at radius 1 is 1.25 bits per heavy atom. The quantitative estimate of drug-likeness (QED) is 0.362. The molecule has 28 heavy (non-hydrogen) atoms. The van der Waals surface area contributed by atoms with Gasteiger partial charge in [0.05, 0.1) is 24.7 Å². The topological polar surface area (TPSA) is 130 Å². The van der Waals surface area contributed by atoms with Crippen molar-refractivity contribution in [2.75, 3.05) is 19.5 Å². The number of aromatic nitrogens is 2. The molecule has 144 valence electrons. The summed E-state index contributed by atoms with van der Waals surface area (Å²) in [7, 11) is 3.04. The van der Waals surface area contributed by atoms with E-state index in [1.165, 1.54) is 32.4 Å². The summed E-state index contributed by atoms with van der Waals surface area (Å²) in [6, 6.07) is 7.90. The zero-order valence-electron chi connectivity index (χ0n) is 14.7. The molecule has 1 N–H and O–H groups in total. The molecule has 0 fully saturated rings. The molecule has 0 bridgehead atoms. The van der Waals surface area contributed by atoms with Gasteiger partial charge in [-0.25, -0.2) is 0 Å². The van der Waals surface area contributed by atoms with E-state index in [4.69, 9.17) is 13.9 Å². The molecule has 0 saturated carbocycles. The minimum absolute atomic E-state index is 0.00459. The highest BCUT2D eigenvalue weighted by atomic mass is 32.1. The molecule has 0 aliphatic rings. The highest BCUT2D eigenvalue weighted by Gasteiger charge is 2.15. The minimum atomic E-state index is -0.520. The molecule has 0 aliphatic heterocycles. The Morgan fingerprint density at radius 2 is 2.07 bits per heavy atom. The number of rotatable bonds is 7. The maximum Gasteiger partial charge on any atom is 0.324 e. The van der Waals surface area contributed by atoms with E-state index in [1.54, 1.807) is 24.3 Å². The molecular weight excluding hydrogens is 388 g/mol. The first kappa shape index (κ1) is 19.0. The van der Waals surface area contributed by atoms with E-state index in [2.05, 4.69) is 15.5 Å². The van der Waals surface area contributed by atoms with Gasteiger partial charge in [-0.05, 0) is 24.3 Å².